The van der Waals surface area contributed by atoms with Gasteiger partial charge in [-0.15, -0.1) is 0 Å². The molecule has 1 aromatic rings. The zero-order valence-electron chi connectivity index (χ0n) is 14.7. The van der Waals surface area contributed by atoms with Gasteiger partial charge in [-0.05, 0) is 43.7 Å². The minimum Gasteiger partial charge on any atom is -0.361 e. The van der Waals surface area contributed by atoms with Crippen molar-refractivity contribution in [2.45, 2.75) is 32.7 Å². The lowest BCUT2D eigenvalue weighted by atomic mass is 9.83. The molecule has 0 spiro atoms. The fourth-order valence-electron chi connectivity index (χ4n) is 4.03. The van der Waals surface area contributed by atoms with E-state index >= 15 is 0 Å². The first kappa shape index (κ1) is 17.4. The maximum absolute atomic E-state index is 12.1. The molecule has 1 saturated heterocycles. The summed E-state index contributed by atoms with van der Waals surface area (Å²) in [5, 5.41) is 4.29. The number of pyridine rings is 1. The third-order valence-electron chi connectivity index (χ3n) is 5.37. The molecule has 132 valence electrons. The molecular weight excluding hydrogens is 320 g/mol. The SMILES string of the molecule is CCN(CC)CCNC(=S)N1CC2CC(C1)c1cccc(=O)n1C2. The summed E-state index contributed by atoms with van der Waals surface area (Å²) >= 11 is 5.63. The maximum atomic E-state index is 12.1. The molecule has 0 saturated carbocycles. The first-order valence-corrected chi connectivity index (χ1v) is 9.48. The molecule has 2 unspecified atom stereocenters. The number of piperidine rings is 1. The van der Waals surface area contributed by atoms with E-state index in [1.54, 1.807) is 6.07 Å². The summed E-state index contributed by atoms with van der Waals surface area (Å²) in [5.41, 5.74) is 1.31. The van der Waals surface area contributed by atoms with Gasteiger partial charge in [0.1, 0.15) is 0 Å². The van der Waals surface area contributed by atoms with Crippen LogP contribution in [0.2, 0.25) is 0 Å². The second kappa shape index (κ2) is 7.66. The van der Waals surface area contributed by atoms with Gasteiger partial charge in [-0.25, -0.2) is 0 Å². The second-order valence-corrected chi connectivity index (χ2v) is 7.25. The Balaban J connectivity index is 1.60. The van der Waals surface area contributed by atoms with Crippen molar-refractivity contribution in [1.29, 1.82) is 0 Å². The molecule has 0 aliphatic carbocycles. The molecule has 0 aromatic carbocycles. The van der Waals surface area contributed by atoms with E-state index in [1.807, 2.05) is 10.6 Å². The van der Waals surface area contributed by atoms with Crippen LogP contribution in [0.15, 0.2) is 23.0 Å². The Kier molecular flexibility index (Phi) is 5.56. The summed E-state index contributed by atoms with van der Waals surface area (Å²) in [5.74, 6) is 0.924. The van der Waals surface area contributed by atoms with Crippen LogP contribution in [0.5, 0.6) is 0 Å². The van der Waals surface area contributed by atoms with Gasteiger partial charge in [-0.1, -0.05) is 19.9 Å². The number of fused-ring (bicyclic) bond motifs is 4. The molecule has 5 nitrogen and oxygen atoms in total. The molecule has 0 amide bonds. The number of hydrogen-bond donors (Lipinski definition) is 1. The van der Waals surface area contributed by atoms with E-state index in [-0.39, 0.29) is 5.56 Å². The van der Waals surface area contributed by atoms with Crippen LogP contribution in [-0.4, -0.2) is 58.7 Å². The molecule has 2 aliphatic heterocycles. The summed E-state index contributed by atoms with van der Waals surface area (Å²) in [4.78, 5) is 16.8. The lowest BCUT2D eigenvalue weighted by Gasteiger charge is -2.43. The van der Waals surface area contributed by atoms with E-state index in [9.17, 15) is 4.79 Å². The van der Waals surface area contributed by atoms with Gasteiger partial charge in [0, 0.05) is 50.4 Å². The predicted octanol–water partition coefficient (Wildman–Crippen LogP) is 1.48. The van der Waals surface area contributed by atoms with Crippen molar-refractivity contribution in [1.82, 2.24) is 19.7 Å². The van der Waals surface area contributed by atoms with Gasteiger partial charge in [-0.2, -0.15) is 0 Å². The zero-order valence-corrected chi connectivity index (χ0v) is 15.5. The van der Waals surface area contributed by atoms with E-state index in [0.717, 1.165) is 50.9 Å². The van der Waals surface area contributed by atoms with Crippen molar-refractivity contribution < 1.29 is 0 Å². The van der Waals surface area contributed by atoms with Gasteiger partial charge in [0.05, 0.1) is 0 Å². The molecule has 24 heavy (non-hydrogen) atoms. The molecule has 1 aromatic heterocycles. The molecule has 1 N–H and O–H groups in total. The first-order chi connectivity index (χ1) is 11.6. The smallest absolute Gasteiger partial charge is 0.250 e. The monoisotopic (exact) mass is 348 g/mol. The van der Waals surface area contributed by atoms with E-state index < -0.39 is 0 Å². The number of nitrogens with zero attached hydrogens (tertiary/aromatic N) is 3. The lowest BCUT2D eigenvalue weighted by Crippen LogP contribution is -2.52. The van der Waals surface area contributed by atoms with Gasteiger partial charge < -0.3 is 19.7 Å². The summed E-state index contributed by atoms with van der Waals surface area (Å²) in [6.07, 6.45) is 1.17. The standard InChI is InChI=1S/C18H28N4OS/c1-3-20(4-2)9-8-19-18(24)21-11-14-10-15(13-21)16-6-5-7-17(23)22(16)12-14/h5-7,14-15H,3-4,8-13H2,1-2H3,(H,19,24). The van der Waals surface area contributed by atoms with Crippen LogP contribution < -0.4 is 10.9 Å². The molecule has 2 atom stereocenters. The molecule has 0 radical (unpaired) electrons. The van der Waals surface area contributed by atoms with Gasteiger partial charge in [0.2, 0.25) is 0 Å². The van der Waals surface area contributed by atoms with Gasteiger partial charge in [-0.3, -0.25) is 4.79 Å². The summed E-state index contributed by atoms with van der Waals surface area (Å²) < 4.78 is 1.97. The van der Waals surface area contributed by atoms with Gasteiger partial charge in [0.25, 0.3) is 5.56 Å². The van der Waals surface area contributed by atoms with Crippen LogP contribution in [-0.2, 0) is 6.54 Å². The summed E-state index contributed by atoms with van der Waals surface area (Å²) in [6.45, 7) is 11.1. The van der Waals surface area contributed by atoms with Crippen LogP contribution in [0.1, 0.15) is 31.9 Å². The minimum atomic E-state index is 0.135. The van der Waals surface area contributed by atoms with E-state index in [4.69, 9.17) is 12.2 Å². The fourth-order valence-corrected chi connectivity index (χ4v) is 4.29. The number of likely N-dealkylation sites (N-methyl/N-ethyl adjacent to an activating group) is 1. The highest BCUT2D eigenvalue weighted by Crippen LogP contribution is 2.34. The quantitative estimate of drug-likeness (QED) is 0.817. The van der Waals surface area contributed by atoms with Crippen molar-refractivity contribution in [3.63, 3.8) is 0 Å². The topological polar surface area (TPSA) is 40.5 Å². The Hall–Kier alpha value is -1.40. The van der Waals surface area contributed by atoms with E-state index in [0.29, 0.717) is 11.8 Å². The van der Waals surface area contributed by atoms with Gasteiger partial charge >= 0.3 is 0 Å². The number of rotatable bonds is 5. The van der Waals surface area contributed by atoms with Crippen molar-refractivity contribution in [3.8, 4) is 0 Å². The molecule has 3 heterocycles. The van der Waals surface area contributed by atoms with Crippen molar-refractivity contribution in [2.24, 2.45) is 5.92 Å². The average Bonchev–Trinajstić information content (AvgIpc) is 2.59. The number of aromatic nitrogens is 1. The highest BCUT2D eigenvalue weighted by molar-refractivity contribution is 7.80. The number of thiocarbonyl (C=S) groups is 1. The largest absolute Gasteiger partial charge is 0.361 e. The van der Waals surface area contributed by atoms with Gasteiger partial charge in [0.15, 0.2) is 5.11 Å². The molecule has 3 rings (SSSR count). The Bertz CT molecular complexity index is 640. The van der Waals surface area contributed by atoms with Crippen LogP contribution in [0.3, 0.4) is 0 Å². The Morgan fingerprint density at radius 3 is 2.83 bits per heavy atom. The highest BCUT2D eigenvalue weighted by atomic mass is 32.1. The summed E-state index contributed by atoms with van der Waals surface area (Å²) in [7, 11) is 0. The lowest BCUT2D eigenvalue weighted by molar-refractivity contribution is 0.177. The number of nitrogens with one attached hydrogen (secondary N) is 1. The average molecular weight is 349 g/mol. The molecular formula is C18H28N4OS. The number of likely N-dealkylation sites (tertiary alicyclic amines) is 1. The Labute approximate surface area is 149 Å². The number of hydrogen-bond acceptors (Lipinski definition) is 3. The maximum Gasteiger partial charge on any atom is 0.250 e. The second-order valence-electron chi connectivity index (χ2n) is 6.86. The third-order valence-corrected chi connectivity index (χ3v) is 5.77. The third kappa shape index (κ3) is 3.64. The predicted molar refractivity (Wildman–Crippen MR) is 102 cm³/mol. The Morgan fingerprint density at radius 1 is 1.29 bits per heavy atom. The van der Waals surface area contributed by atoms with Crippen molar-refractivity contribution in [2.75, 3.05) is 39.3 Å². The van der Waals surface area contributed by atoms with Crippen LogP contribution >= 0.6 is 12.2 Å². The van der Waals surface area contributed by atoms with Crippen LogP contribution in [0, 0.1) is 5.92 Å². The summed E-state index contributed by atoms with van der Waals surface area (Å²) in [6, 6.07) is 5.65. The minimum absolute atomic E-state index is 0.135. The van der Waals surface area contributed by atoms with Crippen LogP contribution in [0.4, 0.5) is 0 Å². The molecule has 1 fully saturated rings. The highest BCUT2D eigenvalue weighted by Gasteiger charge is 2.35. The Morgan fingerprint density at radius 2 is 2.08 bits per heavy atom. The fraction of sp³-hybridized carbons (Fsp3) is 0.667. The van der Waals surface area contributed by atoms with E-state index in [1.165, 1.54) is 12.1 Å². The van der Waals surface area contributed by atoms with Crippen LogP contribution in [0.25, 0.3) is 0 Å². The van der Waals surface area contributed by atoms with E-state index in [2.05, 4.69) is 35.0 Å². The molecule has 2 bridgehead atoms. The van der Waals surface area contributed by atoms with Crippen molar-refractivity contribution in [3.05, 3.63) is 34.2 Å². The van der Waals surface area contributed by atoms with Crippen molar-refractivity contribution >= 4 is 17.3 Å². The zero-order chi connectivity index (χ0) is 17.1. The first-order valence-electron chi connectivity index (χ1n) is 9.07. The molecule has 2 aliphatic rings. The molecule has 6 heteroatoms. The normalized spacial score (nSPS) is 22.4.